The summed E-state index contributed by atoms with van der Waals surface area (Å²) in [7, 11) is -1.07. The molecule has 0 aliphatic heterocycles. The van der Waals surface area contributed by atoms with Crippen LogP contribution in [0.15, 0.2) is 10.1 Å². The average Bonchev–Trinajstić information content (AvgIpc) is 1.92. The molecule has 0 aliphatic carbocycles. The number of rotatable bonds is 5. The molecule has 0 nitrogen and oxygen atoms in total. The maximum atomic E-state index is 5.71. The van der Waals surface area contributed by atoms with Crippen molar-refractivity contribution in [3.63, 3.8) is 0 Å². The van der Waals surface area contributed by atoms with Crippen LogP contribution in [0.3, 0.4) is 0 Å². The fourth-order valence-corrected chi connectivity index (χ4v) is 21.0. The molecular weight excluding hydrogens is 268 g/mol. The molecular formula is C11H25ClGeSi. The summed E-state index contributed by atoms with van der Waals surface area (Å²) in [6.45, 7) is 7.40. The number of allylic oxidation sites excluding steroid dienone is 1. The Kier molecular flexibility index (Phi) is 6.08. The van der Waals surface area contributed by atoms with Gasteiger partial charge in [-0.3, -0.25) is 0 Å². The summed E-state index contributed by atoms with van der Waals surface area (Å²) in [4.78, 5) is 0. The fourth-order valence-electron chi connectivity index (χ4n) is 2.06. The van der Waals surface area contributed by atoms with Crippen molar-refractivity contribution in [3.8, 4) is 0 Å². The van der Waals surface area contributed by atoms with E-state index < -0.39 is 21.3 Å². The van der Waals surface area contributed by atoms with Gasteiger partial charge in [0.1, 0.15) is 0 Å². The van der Waals surface area contributed by atoms with Crippen LogP contribution in [-0.2, 0) is 0 Å². The molecule has 0 saturated heterocycles. The molecule has 0 rings (SSSR count). The molecule has 0 aliphatic rings. The van der Waals surface area contributed by atoms with Crippen LogP contribution < -0.4 is 0 Å². The van der Waals surface area contributed by atoms with Crippen LogP contribution in [0, 0.1) is 0 Å². The van der Waals surface area contributed by atoms with Gasteiger partial charge >= 0.3 is 98.7 Å². The van der Waals surface area contributed by atoms with Gasteiger partial charge in [0, 0.05) is 0 Å². The zero-order valence-corrected chi connectivity index (χ0v) is 14.4. The summed E-state index contributed by atoms with van der Waals surface area (Å²) in [5.74, 6) is 8.31. The van der Waals surface area contributed by atoms with Gasteiger partial charge in [-0.25, -0.2) is 0 Å². The number of alkyl halides is 1. The van der Waals surface area contributed by atoms with Crippen LogP contribution in [0.5, 0.6) is 0 Å². The van der Waals surface area contributed by atoms with Crippen LogP contribution >= 0.6 is 11.6 Å². The van der Waals surface area contributed by atoms with Gasteiger partial charge < -0.3 is 0 Å². The van der Waals surface area contributed by atoms with E-state index in [9.17, 15) is 0 Å². The van der Waals surface area contributed by atoms with Gasteiger partial charge in [0.25, 0.3) is 0 Å². The van der Waals surface area contributed by atoms with E-state index in [-0.39, 0.29) is 0 Å². The van der Waals surface area contributed by atoms with Gasteiger partial charge in [-0.15, -0.1) is 0 Å². The van der Waals surface area contributed by atoms with Crippen LogP contribution in [0.2, 0.25) is 36.9 Å². The number of hydrogen-bond donors (Lipinski definition) is 0. The predicted molar refractivity (Wildman–Crippen MR) is 74.7 cm³/mol. The van der Waals surface area contributed by atoms with Gasteiger partial charge in [-0.2, -0.15) is 0 Å². The summed E-state index contributed by atoms with van der Waals surface area (Å²) < 4.78 is 1.86. The molecule has 0 atom stereocenters. The standard InChI is InChI=1S/C11H25ClGeSi/c1-13(2,3)11(14(4,5)6)9-7-8-10-12/h9H,7-8,10H2,1-6H3/b11-9+. The third-order valence-electron chi connectivity index (χ3n) is 2.30. The van der Waals surface area contributed by atoms with Crippen molar-refractivity contribution in [1.29, 1.82) is 0 Å². The zero-order valence-electron chi connectivity index (χ0n) is 10.6. The molecule has 0 fully saturated rings. The molecule has 0 spiro atoms. The van der Waals surface area contributed by atoms with Gasteiger partial charge in [0.2, 0.25) is 0 Å². The van der Waals surface area contributed by atoms with Crippen LogP contribution in [-0.4, -0.2) is 27.2 Å². The zero-order chi connectivity index (χ0) is 11.4. The minimum atomic E-state index is -1.59. The Morgan fingerprint density at radius 3 is 2.00 bits per heavy atom. The molecule has 0 amide bonds. The van der Waals surface area contributed by atoms with E-state index in [1.54, 1.807) is 0 Å². The first kappa shape index (κ1) is 14.8. The van der Waals surface area contributed by atoms with Crippen molar-refractivity contribution in [3.05, 3.63) is 10.1 Å². The molecule has 0 N–H and O–H groups in total. The molecule has 0 saturated carbocycles. The first-order valence-electron chi connectivity index (χ1n) is 5.46. The van der Waals surface area contributed by atoms with Gasteiger partial charge in [-0.05, 0) is 0 Å². The Hall–Kier alpha value is 0.790. The second-order valence-corrected chi connectivity index (χ2v) is 23.0. The molecule has 84 valence electrons. The predicted octanol–water partition coefficient (Wildman–Crippen LogP) is 4.69. The molecule has 0 heterocycles. The second-order valence-electron chi connectivity index (χ2n) is 5.95. The third kappa shape index (κ3) is 5.62. The molecule has 0 aromatic carbocycles. The number of hydrogen-bond acceptors (Lipinski definition) is 0. The Bertz CT molecular complexity index is 182. The third-order valence-corrected chi connectivity index (χ3v) is 16.8. The van der Waals surface area contributed by atoms with E-state index in [4.69, 9.17) is 11.6 Å². The summed E-state index contributed by atoms with van der Waals surface area (Å²) in [5, 5.41) is 0. The summed E-state index contributed by atoms with van der Waals surface area (Å²) >= 11 is 4.12. The van der Waals surface area contributed by atoms with Gasteiger partial charge in [-0.1, -0.05) is 0 Å². The van der Waals surface area contributed by atoms with Crippen molar-refractivity contribution in [2.75, 3.05) is 5.88 Å². The first-order chi connectivity index (χ1) is 6.19. The normalized spacial score (nSPS) is 14.6. The Morgan fingerprint density at radius 1 is 1.21 bits per heavy atom. The second kappa shape index (κ2) is 5.76. The molecule has 0 aromatic heterocycles. The van der Waals surface area contributed by atoms with Crippen molar-refractivity contribution in [2.45, 2.75) is 49.8 Å². The summed E-state index contributed by atoms with van der Waals surface area (Å²) in [6, 6.07) is 0. The molecule has 0 unspecified atom stereocenters. The average molecular weight is 293 g/mol. The van der Waals surface area contributed by atoms with Crippen molar-refractivity contribution >= 4 is 32.9 Å². The summed E-state index contributed by atoms with van der Waals surface area (Å²) in [5.41, 5.74) is 0. The Labute approximate surface area is 98.5 Å². The van der Waals surface area contributed by atoms with Crippen molar-refractivity contribution in [1.82, 2.24) is 0 Å². The Balaban J connectivity index is 4.66. The van der Waals surface area contributed by atoms with E-state index in [2.05, 4.69) is 43.0 Å². The monoisotopic (exact) mass is 294 g/mol. The fraction of sp³-hybridized carbons (Fsp3) is 0.818. The first-order valence-corrected chi connectivity index (χ1v) is 16.8. The van der Waals surface area contributed by atoms with Crippen LogP contribution in [0.4, 0.5) is 0 Å². The molecule has 0 bridgehead atoms. The van der Waals surface area contributed by atoms with Crippen LogP contribution in [0.25, 0.3) is 0 Å². The van der Waals surface area contributed by atoms with E-state index in [1.165, 1.54) is 6.42 Å². The number of unbranched alkanes of at least 4 members (excludes halogenated alkanes) is 1. The molecule has 0 radical (unpaired) electrons. The maximum absolute atomic E-state index is 5.71. The van der Waals surface area contributed by atoms with E-state index in [0.29, 0.717) is 0 Å². The minimum absolute atomic E-state index is 0.798. The van der Waals surface area contributed by atoms with Crippen LogP contribution in [0.1, 0.15) is 12.8 Å². The van der Waals surface area contributed by atoms with Gasteiger partial charge in [0.05, 0.1) is 0 Å². The SMILES string of the molecule is C[Si](C)(C)/[C](=C/CCCCl)[Ge]([CH3])([CH3])[CH3]. The van der Waals surface area contributed by atoms with E-state index in [1.807, 2.05) is 4.03 Å². The topological polar surface area (TPSA) is 0 Å². The quantitative estimate of drug-likeness (QED) is 0.392. The van der Waals surface area contributed by atoms with Gasteiger partial charge in [0.15, 0.2) is 0 Å². The van der Waals surface area contributed by atoms with Crippen molar-refractivity contribution in [2.24, 2.45) is 0 Å². The molecule has 14 heavy (non-hydrogen) atoms. The molecule has 3 heteroatoms. The summed E-state index contributed by atoms with van der Waals surface area (Å²) in [6.07, 6.45) is 4.84. The van der Waals surface area contributed by atoms with Crippen molar-refractivity contribution < 1.29 is 0 Å². The number of halogens is 1. The molecule has 0 aromatic rings. The Morgan fingerprint density at radius 2 is 1.71 bits per heavy atom. The van der Waals surface area contributed by atoms with E-state index in [0.717, 1.165) is 12.3 Å². The van der Waals surface area contributed by atoms with E-state index >= 15 is 0 Å².